The summed E-state index contributed by atoms with van der Waals surface area (Å²) in [4.78, 5) is 4.55. The van der Waals surface area contributed by atoms with Crippen LogP contribution < -0.4 is 0 Å². The molecule has 3 aromatic rings. The molecule has 0 saturated heterocycles. The lowest BCUT2D eigenvalue weighted by Gasteiger charge is -2.03. The molecule has 0 atom stereocenters. The second kappa shape index (κ2) is 5.28. The van der Waals surface area contributed by atoms with Gasteiger partial charge in [0.05, 0.1) is 11.9 Å². The molecule has 0 aliphatic rings. The molecular weight excluding hydrogens is 302 g/mol. The predicted molar refractivity (Wildman–Crippen MR) is 78.4 cm³/mol. The van der Waals surface area contributed by atoms with E-state index in [1.54, 1.807) is 6.20 Å². The SMILES string of the molecule is Brc1ccc(-c2nncc(-c3ccccc3)n2)cc1. The number of hydrogen-bond donors (Lipinski definition) is 0. The topological polar surface area (TPSA) is 38.7 Å². The second-order valence-electron chi connectivity index (χ2n) is 4.04. The molecule has 0 radical (unpaired) electrons. The van der Waals surface area contributed by atoms with E-state index in [-0.39, 0.29) is 0 Å². The number of hydrogen-bond acceptors (Lipinski definition) is 3. The van der Waals surface area contributed by atoms with Gasteiger partial charge in [-0.1, -0.05) is 58.4 Å². The number of aromatic nitrogens is 3. The van der Waals surface area contributed by atoms with Gasteiger partial charge in [-0.05, 0) is 12.1 Å². The lowest BCUT2D eigenvalue weighted by Crippen LogP contribution is -1.94. The molecule has 19 heavy (non-hydrogen) atoms. The smallest absolute Gasteiger partial charge is 0.182 e. The van der Waals surface area contributed by atoms with Crippen LogP contribution in [-0.2, 0) is 0 Å². The van der Waals surface area contributed by atoms with Crippen LogP contribution in [0.5, 0.6) is 0 Å². The average molecular weight is 312 g/mol. The molecule has 0 fully saturated rings. The van der Waals surface area contributed by atoms with Crippen LogP contribution >= 0.6 is 15.9 Å². The first-order chi connectivity index (χ1) is 9.33. The first-order valence-corrected chi connectivity index (χ1v) is 6.63. The molecule has 0 saturated carbocycles. The molecule has 3 nitrogen and oxygen atoms in total. The summed E-state index contributed by atoms with van der Waals surface area (Å²) < 4.78 is 1.03. The van der Waals surface area contributed by atoms with Crippen LogP contribution in [0.2, 0.25) is 0 Å². The highest BCUT2D eigenvalue weighted by molar-refractivity contribution is 9.10. The molecular formula is C15H10BrN3. The Labute approximate surface area is 119 Å². The van der Waals surface area contributed by atoms with Gasteiger partial charge in [0.1, 0.15) is 0 Å². The summed E-state index contributed by atoms with van der Waals surface area (Å²) in [5, 5.41) is 8.12. The Kier molecular flexibility index (Phi) is 3.33. The molecule has 1 heterocycles. The maximum Gasteiger partial charge on any atom is 0.182 e. The van der Waals surface area contributed by atoms with Gasteiger partial charge in [0.15, 0.2) is 5.82 Å². The third kappa shape index (κ3) is 2.69. The maximum absolute atomic E-state index is 4.55. The Morgan fingerprint density at radius 3 is 2.26 bits per heavy atom. The summed E-state index contributed by atoms with van der Waals surface area (Å²) in [6.45, 7) is 0. The van der Waals surface area contributed by atoms with E-state index < -0.39 is 0 Å². The third-order valence-corrected chi connectivity index (χ3v) is 3.26. The normalized spacial score (nSPS) is 10.4. The zero-order valence-corrected chi connectivity index (χ0v) is 11.6. The third-order valence-electron chi connectivity index (χ3n) is 2.73. The Hall–Kier alpha value is -2.07. The van der Waals surface area contributed by atoms with Gasteiger partial charge in [-0.3, -0.25) is 0 Å². The van der Waals surface area contributed by atoms with Crippen molar-refractivity contribution >= 4 is 15.9 Å². The minimum absolute atomic E-state index is 0.633. The van der Waals surface area contributed by atoms with Crippen molar-refractivity contribution in [3.63, 3.8) is 0 Å². The van der Waals surface area contributed by atoms with E-state index >= 15 is 0 Å². The van der Waals surface area contributed by atoms with Crippen LogP contribution in [0.25, 0.3) is 22.6 Å². The largest absolute Gasteiger partial charge is 0.225 e. The highest BCUT2D eigenvalue weighted by Gasteiger charge is 2.05. The van der Waals surface area contributed by atoms with Crippen LogP contribution in [0.3, 0.4) is 0 Å². The lowest BCUT2D eigenvalue weighted by molar-refractivity contribution is 0.984. The Morgan fingerprint density at radius 1 is 0.789 bits per heavy atom. The molecule has 3 rings (SSSR count). The van der Waals surface area contributed by atoms with E-state index in [2.05, 4.69) is 31.1 Å². The van der Waals surface area contributed by atoms with Crippen molar-refractivity contribution in [2.45, 2.75) is 0 Å². The Morgan fingerprint density at radius 2 is 1.53 bits per heavy atom. The molecule has 0 bridgehead atoms. The average Bonchev–Trinajstić information content (AvgIpc) is 2.49. The van der Waals surface area contributed by atoms with Gasteiger partial charge in [0, 0.05) is 15.6 Å². The monoisotopic (exact) mass is 311 g/mol. The summed E-state index contributed by atoms with van der Waals surface area (Å²) in [6, 6.07) is 17.8. The quantitative estimate of drug-likeness (QED) is 0.719. The first kappa shape index (κ1) is 12.0. The van der Waals surface area contributed by atoms with Crippen molar-refractivity contribution < 1.29 is 0 Å². The summed E-state index contributed by atoms with van der Waals surface area (Å²) in [5.41, 5.74) is 2.82. The van der Waals surface area contributed by atoms with Gasteiger partial charge >= 0.3 is 0 Å². The highest BCUT2D eigenvalue weighted by atomic mass is 79.9. The van der Waals surface area contributed by atoms with Crippen molar-refractivity contribution in [2.75, 3.05) is 0 Å². The molecule has 0 aliphatic carbocycles. The van der Waals surface area contributed by atoms with Crippen LogP contribution in [0, 0.1) is 0 Å². The lowest BCUT2D eigenvalue weighted by atomic mass is 10.1. The minimum atomic E-state index is 0.633. The van der Waals surface area contributed by atoms with Gasteiger partial charge in [-0.25, -0.2) is 4.98 Å². The van der Waals surface area contributed by atoms with Gasteiger partial charge in [0.25, 0.3) is 0 Å². The molecule has 0 amide bonds. The summed E-state index contributed by atoms with van der Waals surface area (Å²) >= 11 is 3.41. The molecule has 0 N–H and O–H groups in total. The van der Waals surface area contributed by atoms with Gasteiger partial charge in [-0.2, -0.15) is 5.10 Å². The van der Waals surface area contributed by atoms with Crippen molar-refractivity contribution in [2.24, 2.45) is 0 Å². The van der Waals surface area contributed by atoms with Crippen LogP contribution in [0.15, 0.2) is 65.3 Å². The van der Waals surface area contributed by atoms with E-state index in [0.717, 1.165) is 21.3 Å². The summed E-state index contributed by atoms with van der Waals surface area (Å²) in [6.07, 6.45) is 1.68. The van der Waals surface area contributed by atoms with Crippen LogP contribution in [0.1, 0.15) is 0 Å². The summed E-state index contributed by atoms with van der Waals surface area (Å²) in [7, 11) is 0. The molecule has 0 unspecified atom stereocenters. The Balaban J connectivity index is 2.03. The molecule has 92 valence electrons. The van der Waals surface area contributed by atoms with E-state index in [0.29, 0.717) is 5.82 Å². The van der Waals surface area contributed by atoms with Crippen molar-refractivity contribution in [1.82, 2.24) is 15.2 Å². The van der Waals surface area contributed by atoms with Crippen LogP contribution in [-0.4, -0.2) is 15.2 Å². The fraction of sp³-hybridized carbons (Fsp3) is 0. The van der Waals surface area contributed by atoms with E-state index in [9.17, 15) is 0 Å². The molecule has 1 aromatic heterocycles. The zero-order chi connectivity index (χ0) is 13.1. The number of nitrogens with zero attached hydrogens (tertiary/aromatic N) is 3. The molecule has 0 aliphatic heterocycles. The van der Waals surface area contributed by atoms with Crippen molar-refractivity contribution in [3.8, 4) is 22.6 Å². The zero-order valence-electron chi connectivity index (χ0n) is 9.99. The van der Waals surface area contributed by atoms with E-state index in [1.165, 1.54) is 0 Å². The van der Waals surface area contributed by atoms with Gasteiger partial charge in [0.2, 0.25) is 0 Å². The highest BCUT2D eigenvalue weighted by Crippen LogP contribution is 2.21. The standard InChI is InChI=1S/C15H10BrN3/c16-13-8-6-12(7-9-13)15-18-14(10-17-19-15)11-4-2-1-3-5-11/h1-10H. The van der Waals surface area contributed by atoms with E-state index in [1.807, 2.05) is 54.6 Å². The number of rotatable bonds is 2. The molecule has 0 spiro atoms. The number of halogens is 1. The molecule has 2 aromatic carbocycles. The predicted octanol–water partition coefficient (Wildman–Crippen LogP) is 3.97. The number of benzene rings is 2. The first-order valence-electron chi connectivity index (χ1n) is 5.84. The second-order valence-corrected chi connectivity index (χ2v) is 4.95. The van der Waals surface area contributed by atoms with Gasteiger partial charge in [-0.15, -0.1) is 5.10 Å². The Bertz CT molecular complexity index is 681. The van der Waals surface area contributed by atoms with E-state index in [4.69, 9.17) is 0 Å². The summed E-state index contributed by atoms with van der Waals surface area (Å²) in [5.74, 6) is 0.633. The van der Waals surface area contributed by atoms with Crippen LogP contribution in [0.4, 0.5) is 0 Å². The van der Waals surface area contributed by atoms with Crippen molar-refractivity contribution in [3.05, 3.63) is 65.3 Å². The van der Waals surface area contributed by atoms with Crippen molar-refractivity contribution in [1.29, 1.82) is 0 Å². The fourth-order valence-corrected chi connectivity index (χ4v) is 2.04. The van der Waals surface area contributed by atoms with Gasteiger partial charge < -0.3 is 0 Å². The fourth-order valence-electron chi connectivity index (χ4n) is 1.77. The molecule has 4 heteroatoms. The minimum Gasteiger partial charge on any atom is -0.225 e. The maximum atomic E-state index is 4.55.